The summed E-state index contributed by atoms with van der Waals surface area (Å²) in [6, 6.07) is 9.83. The summed E-state index contributed by atoms with van der Waals surface area (Å²) in [6.07, 6.45) is 4.03. The minimum Gasteiger partial charge on any atom is -0.299 e. The lowest BCUT2D eigenvalue weighted by atomic mass is 10.0. The average molecular weight is 269 g/mol. The highest BCUT2D eigenvalue weighted by Crippen LogP contribution is 2.29. The molecule has 3 heteroatoms. The first-order chi connectivity index (χ1) is 9.67. The number of likely N-dealkylation sites (tertiary alicyclic amines) is 1. The van der Waals surface area contributed by atoms with Gasteiger partial charge >= 0.3 is 0 Å². The van der Waals surface area contributed by atoms with Gasteiger partial charge < -0.3 is 0 Å². The number of nitriles is 1. The fourth-order valence-corrected chi connectivity index (χ4v) is 3.71. The molecule has 2 saturated heterocycles. The molecule has 2 aliphatic heterocycles. The summed E-state index contributed by atoms with van der Waals surface area (Å²) in [6.45, 7) is 5.53. The van der Waals surface area contributed by atoms with Gasteiger partial charge in [-0.1, -0.05) is 6.07 Å². The predicted molar refractivity (Wildman–Crippen MR) is 80.4 cm³/mol. The molecule has 106 valence electrons. The summed E-state index contributed by atoms with van der Waals surface area (Å²) in [5, 5.41) is 8.95. The highest BCUT2D eigenvalue weighted by molar-refractivity contribution is 5.37. The van der Waals surface area contributed by atoms with E-state index in [1.54, 1.807) is 0 Å². The number of fused-ring (bicyclic) bond motifs is 2. The van der Waals surface area contributed by atoms with Crippen LogP contribution in [-0.4, -0.2) is 42.0 Å². The van der Waals surface area contributed by atoms with Crippen LogP contribution in [0.25, 0.3) is 0 Å². The average Bonchev–Trinajstić information content (AvgIpc) is 2.69. The van der Waals surface area contributed by atoms with Crippen molar-refractivity contribution in [2.45, 2.75) is 44.8 Å². The first-order valence-electron chi connectivity index (χ1n) is 7.61. The monoisotopic (exact) mass is 269 g/mol. The second-order valence-electron chi connectivity index (χ2n) is 6.33. The molecule has 3 nitrogen and oxygen atoms in total. The summed E-state index contributed by atoms with van der Waals surface area (Å²) in [7, 11) is 2.29. The second-order valence-corrected chi connectivity index (χ2v) is 6.33. The van der Waals surface area contributed by atoms with E-state index in [0.29, 0.717) is 0 Å². The zero-order valence-corrected chi connectivity index (χ0v) is 12.5. The Morgan fingerprint density at radius 1 is 1.25 bits per heavy atom. The van der Waals surface area contributed by atoms with Gasteiger partial charge in [-0.15, -0.1) is 0 Å². The highest BCUT2D eigenvalue weighted by Gasteiger charge is 2.34. The molecule has 0 aromatic heterocycles. The molecule has 0 N–H and O–H groups in total. The molecule has 2 heterocycles. The van der Waals surface area contributed by atoms with E-state index in [0.717, 1.165) is 24.2 Å². The third-order valence-electron chi connectivity index (χ3n) is 5.10. The van der Waals surface area contributed by atoms with Crippen LogP contribution in [0.5, 0.6) is 0 Å². The first-order valence-corrected chi connectivity index (χ1v) is 7.61. The summed E-state index contributed by atoms with van der Waals surface area (Å²) < 4.78 is 0. The largest absolute Gasteiger partial charge is 0.299 e. The molecular weight excluding hydrogens is 246 g/mol. The Kier molecular flexibility index (Phi) is 3.78. The lowest BCUT2D eigenvalue weighted by molar-refractivity contribution is 0.214. The molecular formula is C17H23N3. The number of hydrogen-bond acceptors (Lipinski definition) is 3. The van der Waals surface area contributed by atoms with Crippen LogP contribution in [-0.2, 0) is 6.54 Å². The van der Waals surface area contributed by atoms with Gasteiger partial charge in [0.1, 0.15) is 0 Å². The van der Waals surface area contributed by atoms with E-state index in [-0.39, 0.29) is 0 Å². The van der Waals surface area contributed by atoms with Crippen molar-refractivity contribution in [2.75, 3.05) is 20.1 Å². The maximum absolute atomic E-state index is 8.95. The Morgan fingerprint density at radius 3 is 2.80 bits per heavy atom. The van der Waals surface area contributed by atoms with Crippen molar-refractivity contribution in [1.82, 2.24) is 9.80 Å². The van der Waals surface area contributed by atoms with Crippen molar-refractivity contribution in [3.05, 3.63) is 34.9 Å². The molecule has 2 bridgehead atoms. The van der Waals surface area contributed by atoms with Crippen molar-refractivity contribution in [2.24, 2.45) is 0 Å². The smallest absolute Gasteiger partial charge is 0.0991 e. The number of rotatable bonds is 2. The standard InChI is InChI=1S/C17H23N3/c1-13-9-14(10-18)3-4-15(13)11-20-8-7-16-5-6-17(12-20)19(16)2/h3-4,9,16-17H,5-8,11-12H2,1-2H3. The van der Waals surface area contributed by atoms with Crippen molar-refractivity contribution < 1.29 is 0 Å². The Morgan fingerprint density at radius 2 is 2.05 bits per heavy atom. The van der Waals surface area contributed by atoms with Crippen molar-refractivity contribution in [3.63, 3.8) is 0 Å². The minimum absolute atomic E-state index is 0.737. The van der Waals surface area contributed by atoms with Crippen LogP contribution >= 0.6 is 0 Å². The van der Waals surface area contributed by atoms with E-state index in [9.17, 15) is 0 Å². The molecule has 0 spiro atoms. The van der Waals surface area contributed by atoms with Gasteiger partial charge in [-0.25, -0.2) is 0 Å². The van der Waals surface area contributed by atoms with Crippen LogP contribution in [0.15, 0.2) is 18.2 Å². The fraction of sp³-hybridized carbons (Fsp3) is 0.588. The van der Waals surface area contributed by atoms with E-state index in [1.807, 2.05) is 12.1 Å². The molecule has 0 saturated carbocycles. The topological polar surface area (TPSA) is 30.3 Å². The number of aryl methyl sites for hydroxylation is 1. The summed E-state index contributed by atoms with van der Waals surface area (Å²) in [5.74, 6) is 0. The Bertz CT molecular complexity index is 532. The third-order valence-corrected chi connectivity index (χ3v) is 5.10. The van der Waals surface area contributed by atoms with Gasteiger partial charge in [0.05, 0.1) is 11.6 Å². The second kappa shape index (κ2) is 5.55. The molecule has 3 rings (SSSR count). The number of likely N-dealkylation sites (N-methyl/N-ethyl adjacent to an activating group) is 1. The number of nitrogens with zero attached hydrogens (tertiary/aromatic N) is 3. The van der Waals surface area contributed by atoms with Crippen LogP contribution in [0.1, 0.15) is 36.0 Å². The van der Waals surface area contributed by atoms with Gasteiger partial charge in [-0.3, -0.25) is 9.80 Å². The van der Waals surface area contributed by atoms with E-state index >= 15 is 0 Å². The van der Waals surface area contributed by atoms with E-state index in [1.165, 1.54) is 43.5 Å². The normalized spacial score (nSPS) is 27.2. The summed E-state index contributed by atoms with van der Waals surface area (Å²) >= 11 is 0. The zero-order chi connectivity index (χ0) is 14.1. The van der Waals surface area contributed by atoms with Crippen LogP contribution < -0.4 is 0 Å². The van der Waals surface area contributed by atoms with Crippen molar-refractivity contribution in [3.8, 4) is 6.07 Å². The fourth-order valence-electron chi connectivity index (χ4n) is 3.71. The molecule has 2 aliphatic rings. The lowest BCUT2D eigenvalue weighted by Crippen LogP contribution is -2.36. The van der Waals surface area contributed by atoms with E-state index in [4.69, 9.17) is 5.26 Å². The summed E-state index contributed by atoms with van der Waals surface area (Å²) in [4.78, 5) is 5.18. The SMILES string of the molecule is Cc1cc(C#N)ccc1CN1CCC2CCC(C1)N2C. The molecule has 2 fully saturated rings. The molecule has 2 unspecified atom stereocenters. The number of benzene rings is 1. The molecule has 0 aliphatic carbocycles. The summed E-state index contributed by atoms with van der Waals surface area (Å²) in [5.41, 5.74) is 3.37. The Labute approximate surface area is 121 Å². The number of hydrogen-bond donors (Lipinski definition) is 0. The molecule has 1 aromatic carbocycles. The maximum atomic E-state index is 8.95. The third kappa shape index (κ3) is 2.59. The first kappa shape index (κ1) is 13.6. The molecule has 2 atom stereocenters. The molecule has 1 aromatic rings. The van der Waals surface area contributed by atoms with Crippen LogP contribution in [0.3, 0.4) is 0 Å². The van der Waals surface area contributed by atoms with Crippen LogP contribution in [0.2, 0.25) is 0 Å². The van der Waals surface area contributed by atoms with E-state index in [2.05, 4.69) is 35.9 Å². The van der Waals surface area contributed by atoms with Crippen LogP contribution in [0, 0.1) is 18.3 Å². The maximum Gasteiger partial charge on any atom is 0.0991 e. The predicted octanol–water partition coefficient (Wildman–Crippen LogP) is 2.54. The Balaban J connectivity index is 1.71. The van der Waals surface area contributed by atoms with Gasteiger partial charge in [0.15, 0.2) is 0 Å². The lowest BCUT2D eigenvalue weighted by Gasteiger charge is -2.26. The van der Waals surface area contributed by atoms with Gasteiger partial charge in [0.25, 0.3) is 0 Å². The Hall–Kier alpha value is -1.37. The molecule has 0 radical (unpaired) electrons. The van der Waals surface area contributed by atoms with Gasteiger partial charge in [0.2, 0.25) is 0 Å². The van der Waals surface area contributed by atoms with Gasteiger partial charge in [0, 0.05) is 31.7 Å². The minimum atomic E-state index is 0.737. The van der Waals surface area contributed by atoms with Gasteiger partial charge in [-0.2, -0.15) is 5.26 Å². The van der Waals surface area contributed by atoms with Crippen molar-refractivity contribution >= 4 is 0 Å². The molecule has 20 heavy (non-hydrogen) atoms. The zero-order valence-electron chi connectivity index (χ0n) is 12.5. The van der Waals surface area contributed by atoms with E-state index < -0.39 is 0 Å². The van der Waals surface area contributed by atoms with Crippen molar-refractivity contribution in [1.29, 1.82) is 5.26 Å². The quantitative estimate of drug-likeness (QED) is 0.826. The highest BCUT2D eigenvalue weighted by atomic mass is 15.3. The van der Waals surface area contributed by atoms with Crippen LogP contribution in [0.4, 0.5) is 0 Å². The molecule has 0 amide bonds. The van der Waals surface area contributed by atoms with Gasteiger partial charge in [-0.05, 0) is 56.5 Å².